The van der Waals surface area contributed by atoms with E-state index in [1.54, 1.807) is 11.3 Å². The van der Waals surface area contributed by atoms with Gasteiger partial charge in [-0.1, -0.05) is 249 Å². The highest BCUT2D eigenvalue weighted by molar-refractivity contribution is 7.26. The van der Waals surface area contributed by atoms with Gasteiger partial charge in [-0.15, -0.1) is 22.7 Å². The van der Waals surface area contributed by atoms with E-state index in [-0.39, 0.29) is 18.0 Å². The molecule has 0 amide bonds. The van der Waals surface area contributed by atoms with E-state index in [4.69, 9.17) is 34.3 Å². The molecule has 3 unspecified atom stereocenters. The largest absolute Gasteiger partial charge is 0.455 e. The second-order valence-electron chi connectivity index (χ2n) is 27.9. The van der Waals surface area contributed by atoms with Gasteiger partial charge in [0.1, 0.15) is 11.2 Å². The molecule has 9 nitrogen and oxygen atoms in total. The van der Waals surface area contributed by atoms with E-state index < -0.39 is 0 Å². The van der Waals surface area contributed by atoms with Crippen molar-refractivity contribution in [3.8, 4) is 90.6 Å². The summed E-state index contributed by atoms with van der Waals surface area (Å²) in [6.07, 6.45) is 13.1. The van der Waals surface area contributed by atoms with E-state index in [9.17, 15) is 0 Å². The highest BCUT2D eigenvalue weighted by Crippen LogP contribution is 2.53. The van der Waals surface area contributed by atoms with Crippen molar-refractivity contribution in [1.82, 2.24) is 34.5 Å². The predicted octanol–water partition coefficient (Wildman–Crippen LogP) is 23.4. The SMILES string of the molecule is C1=CC(n2c3ccccc3c3cc(-c4ccc5sc6c(-c7nc(-c8ccccc8)nc(-c8ccccc8)n7)cccc6c5c4)ccc32)CC=C1c1ccc(N2c3cccc(-c4ccc5c(c4)oc4c(-c6nc(-c7ccccc7)nc(-c7ccccc7)n6)cccc45)c3C3C=c4c(sc5ccccc45)=CC32)cc1. The van der Waals surface area contributed by atoms with Crippen molar-refractivity contribution in [2.24, 2.45) is 0 Å². The van der Waals surface area contributed by atoms with Crippen molar-refractivity contribution in [2.45, 2.75) is 24.4 Å². The second-order valence-corrected chi connectivity index (χ2v) is 30.0. The lowest BCUT2D eigenvalue weighted by atomic mass is 9.85. The van der Waals surface area contributed by atoms with Gasteiger partial charge >= 0.3 is 0 Å². The third kappa shape index (κ3) is 10.2. The summed E-state index contributed by atoms with van der Waals surface area (Å²) in [6, 6.07) is 108. The predicted molar refractivity (Wildman–Crippen MR) is 442 cm³/mol. The van der Waals surface area contributed by atoms with E-state index in [0.717, 1.165) is 77.7 Å². The molecule has 107 heavy (non-hydrogen) atoms. The Morgan fingerprint density at radius 2 is 0.907 bits per heavy atom. The highest BCUT2D eigenvalue weighted by atomic mass is 32.1. The Morgan fingerprint density at radius 1 is 0.364 bits per heavy atom. The lowest BCUT2D eigenvalue weighted by molar-refractivity contribution is 0.649. The Morgan fingerprint density at radius 3 is 1.59 bits per heavy atom. The average molecular weight is 1410 g/mol. The first kappa shape index (κ1) is 61.2. The van der Waals surface area contributed by atoms with E-state index in [0.29, 0.717) is 34.9 Å². The summed E-state index contributed by atoms with van der Waals surface area (Å²) in [5.74, 6) is 3.82. The van der Waals surface area contributed by atoms with Crippen molar-refractivity contribution in [3.05, 3.63) is 342 Å². The fraction of sp³-hybridized carbons (Fsp3) is 0.0417. The molecule has 6 aromatic heterocycles. The third-order valence-corrected chi connectivity index (χ3v) is 24.2. The van der Waals surface area contributed by atoms with Crippen LogP contribution in [0.25, 0.3) is 182 Å². The van der Waals surface area contributed by atoms with Gasteiger partial charge in [0.25, 0.3) is 0 Å². The zero-order chi connectivity index (χ0) is 70.2. The monoisotopic (exact) mass is 1400 g/mol. The van der Waals surface area contributed by atoms with Crippen molar-refractivity contribution in [3.63, 3.8) is 0 Å². The minimum absolute atomic E-state index is 0.0479. The van der Waals surface area contributed by atoms with Gasteiger partial charge in [0, 0.05) is 107 Å². The van der Waals surface area contributed by atoms with Crippen LogP contribution >= 0.6 is 22.7 Å². The number of furan rings is 1. The maximum atomic E-state index is 7.04. The lowest BCUT2D eigenvalue weighted by Crippen LogP contribution is -2.36. The molecule has 22 rings (SSSR count). The number of anilines is 2. The molecule has 0 fully saturated rings. The van der Waals surface area contributed by atoms with Crippen LogP contribution in [0.4, 0.5) is 11.4 Å². The minimum Gasteiger partial charge on any atom is -0.455 e. The minimum atomic E-state index is 0.0479. The van der Waals surface area contributed by atoms with Crippen LogP contribution in [0.1, 0.15) is 29.5 Å². The summed E-state index contributed by atoms with van der Waals surface area (Å²) in [6.45, 7) is 0. The molecule has 3 aliphatic rings. The van der Waals surface area contributed by atoms with Crippen LogP contribution in [0, 0.1) is 0 Å². The van der Waals surface area contributed by atoms with E-state index in [1.165, 1.54) is 96.2 Å². The molecule has 0 spiro atoms. The van der Waals surface area contributed by atoms with Gasteiger partial charge < -0.3 is 13.9 Å². The zero-order valence-corrected chi connectivity index (χ0v) is 59.1. The summed E-state index contributed by atoms with van der Waals surface area (Å²) in [7, 11) is 0. The van der Waals surface area contributed by atoms with E-state index in [2.05, 4.69) is 246 Å². The third-order valence-electron chi connectivity index (χ3n) is 21.8. The first-order valence-corrected chi connectivity index (χ1v) is 37.9. The van der Waals surface area contributed by atoms with Gasteiger partial charge in [-0.05, 0) is 141 Å². The van der Waals surface area contributed by atoms with Gasteiger partial charge in [-0.2, -0.15) is 0 Å². The van der Waals surface area contributed by atoms with E-state index in [1.807, 2.05) is 108 Å². The van der Waals surface area contributed by atoms with Crippen LogP contribution in [0.5, 0.6) is 0 Å². The molecular formula is C96H60N8OS2. The number of para-hydroxylation sites is 2. The average Bonchev–Trinajstić information content (AvgIpc) is 1.57. The van der Waals surface area contributed by atoms with Gasteiger partial charge in [0.2, 0.25) is 0 Å². The Labute approximate surface area is 622 Å². The van der Waals surface area contributed by atoms with Gasteiger partial charge in [0.05, 0.1) is 17.6 Å². The molecular weight excluding hydrogens is 1350 g/mol. The number of allylic oxidation sites excluding steroid dienone is 4. The van der Waals surface area contributed by atoms with Crippen molar-refractivity contribution >= 4 is 126 Å². The van der Waals surface area contributed by atoms with Crippen molar-refractivity contribution in [1.29, 1.82) is 0 Å². The van der Waals surface area contributed by atoms with Crippen LogP contribution in [-0.2, 0) is 0 Å². The number of hydrogen-bond donors (Lipinski definition) is 0. The number of rotatable bonds is 11. The molecule has 502 valence electrons. The van der Waals surface area contributed by atoms with Crippen molar-refractivity contribution in [2.75, 3.05) is 4.90 Å². The molecule has 0 N–H and O–H groups in total. The molecule has 19 aromatic rings. The first-order chi connectivity index (χ1) is 53.0. The Balaban J connectivity index is 0.573. The Hall–Kier alpha value is -13.3. The topological polar surface area (TPSA) is 98.7 Å². The molecule has 3 atom stereocenters. The number of aromatic nitrogens is 7. The molecule has 1 aliphatic heterocycles. The lowest BCUT2D eigenvalue weighted by Gasteiger charge is -2.29. The quantitative estimate of drug-likeness (QED) is 0.126. The molecule has 11 heteroatoms. The normalized spacial score (nSPS) is 15.3. The van der Waals surface area contributed by atoms with Gasteiger partial charge in [0.15, 0.2) is 34.9 Å². The van der Waals surface area contributed by atoms with E-state index >= 15 is 0 Å². The molecule has 0 saturated heterocycles. The van der Waals surface area contributed by atoms with Gasteiger partial charge in [-0.25, -0.2) is 29.9 Å². The first-order valence-electron chi connectivity index (χ1n) is 36.3. The number of hydrogen-bond acceptors (Lipinski definition) is 10. The smallest absolute Gasteiger partial charge is 0.167 e. The number of fused-ring (bicyclic) bond motifs is 15. The number of benzene rings is 13. The molecule has 0 bridgehead atoms. The second kappa shape index (κ2) is 24.7. The Bertz CT molecular complexity index is 6950. The maximum Gasteiger partial charge on any atom is 0.167 e. The number of thiophene rings is 2. The fourth-order valence-corrected chi connectivity index (χ4v) is 19.1. The summed E-state index contributed by atoms with van der Waals surface area (Å²) >= 11 is 3.68. The maximum absolute atomic E-state index is 7.04. The number of nitrogens with zero attached hydrogens (tertiary/aromatic N) is 8. The molecule has 0 saturated carbocycles. The standard InChI is InChI=1S/C96H60N8OS2/c1-5-20-59(21-6-1)91-97-92(60-22-7-2-8-23-60)100-95(99-91)74-33-17-31-72-70-49-42-65(54-84(70)105-89(72)74)68-30-19-36-82-88(68)79-55-78-71-29-14-16-37-85(71)106-87(78)56-83(79)104(82)67-47-40-58(41-48-67)57-38-45-66(46-39-57)103-80-35-15-13-28-69(80)76-52-63(43-50-81(76)103)64-44-51-86-77(53-64)73-32-18-34-75(90(73)107-86)96-101-93(61-24-9-3-10-25-61)98-94(102-96)62-26-11-4-12-27-62/h1-45,47-56,66,79,83H,46H2. The fourth-order valence-electron chi connectivity index (χ4n) is 16.8. The molecule has 0 radical (unpaired) electrons. The Kier molecular flexibility index (Phi) is 14.1. The summed E-state index contributed by atoms with van der Waals surface area (Å²) in [4.78, 5) is 33.0. The molecule has 7 heterocycles. The highest BCUT2D eigenvalue weighted by Gasteiger charge is 2.40. The molecule has 13 aromatic carbocycles. The van der Waals surface area contributed by atoms with Crippen LogP contribution in [0.3, 0.4) is 0 Å². The summed E-state index contributed by atoms with van der Waals surface area (Å²) in [5.41, 5.74) is 20.3. The summed E-state index contributed by atoms with van der Waals surface area (Å²) in [5, 5.41) is 9.57. The van der Waals surface area contributed by atoms with Crippen LogP contribution in [0.2, 0.25) is 0 Å². The van der Waals surface area contributed by atoms with Crippen molar-refractivity contribution < 1.29 is 4.42 Å². The zero-order valence-electron chi connectivity index (χ0n) is 57.5. The van der Waals surface area contributed by atoms with Crippen LogP contribution < -0.4 is 14.7 Å². The molecule has 2 aliphatic carbocycles. The van der Waals surface area contributed by atoms with Crippen LogP contribution in [0.15, 0.2) is 326 Å². The summed E-state index contributed by atoms with van der Waals surface area (Å²) < 4.78 is 14.6. The van der Waals surface area contributed by atoms with Gasteiger partial charge in [-0.3, -0.25) is 0 Å². The van der Waals surface area contributed by atoms with Crippen LogP contribution in [-0.4, -0.2) is 40.5 Å².